The third-order valence-electron chi connectivity index (χ3n) is 4.13. The minimum absolute atomic E-state index is 0.513. The molecule has 1 aromatic heterocycles. The van der Waals surface area contributed by atoms with Crippen LogP contribution in [0.2, 0.25) is 0 Å². The molecule has 19 heavy (non-hydrogen) atoms. The van der Waals surface area contributed by atoms with E-state index < -0.39 is 0 Å². The largest absolute Gasteiger partial charge is 0.465 e. The van der Waals surface area contributed by atoms with E-state index in [4.69, 9.17) is 4.42 Å². The molecule has 1 aromatic rings. The van der Waals surface area contributed by atoms with E-state index in [1.54, 1.807) is 0 Å². The molecule has 108 valence electrons. The Labute approximate surface area is 117 Å². The monoisotopic (exact) mass is 264 g/mol. The maximum absolute atomic E-state index is 5.90. The smallest absolute Gasteiger partial charge is 0.118 e. The number of furan rings is 1. The van der Waals surface area contributed by atoms with Crippen LogP contribution in [0.15, 0.2) is 10.5 Å². The number of nitrogens with one attached hydrogen (secondary N) is 1. The highest BCUT2D eigenvalue weighted by Crippen LogP contribution is 2.24. The van der Waals surface area contributed by atoms with Crippen LogP contribution in [0.3, 0.4) is 0 Å². The van der Waals surface area contributed by atoms with Crippen molar-refractivity contribution in [2.75, 3.05) is 7.05 Å². The summed E-state index contributed by atoms with van der Waals surface area (Å²) in [6, 6.07) is 3.48. The first-order valence-electron chi connectivity index (χ1n) is 7.58. The molecule has 0 aliphatic heterocycles. The molecule has 1 aliphatic rings. The van der Waals surface area contributed by atoms with Gasteiger partial charge in [-0.05, 0) is 32.9 Å². The summed E-state index contributed by atoms with van der Waals surface area (Å²) in [5.41, 5.74) is 1.29. The fourth-order valence-electron chi connectivity index (χ4n) is 2.88. The van der Waals surface area contributed by atoms with Gasteiger partial charge in [-0.1, -0.05) is 26.7 Å². The van der Waals surface area contributed by atoms with Crippen molar-refractivity contribution in [3.05, 3.63) is 23.2 Å². The molecule has 1 fully saturated rings. The highest BCUT2D eigenvalue weighted by Gasteiger charge is 2.20. The van der Waals surface area contributed by atoms with Crippen molar-refractivity contribution in [2.45, 2.75) is 71.6 Å². The van der Waals surface area contributed by atoms with E-state index in [1.807, 2.05) is 0 Å². The Morgan fingerprint density at radius 1 is 1.37 bits per heavy atom. The molecule has 0 spiro atoms. The lowest BCUT2D eigenvalue weighted by atomic mass is 10.2. The molecule has 0 atom stereocenters. The summed E-state index contributed by atoms with van der Waals surface area (Å²) >= 11 is 0. The zero-order chi connectivity index (χ0) is 13.8. The first-order chi connectivity index (χ1) is 9.06. The van der Waals surface area contributed by atoms with Crippen LogP contribution < -0.4 is 5.32 Å². The van der Waals surface area contributed by atoms with E-state index in [1.165, 1.54) is 31.2 Å². The summed E-state index contributed by atoms with van der Waals surface area (Å²) in [6.07, 6.45) is 5.46. The van der Waals surface area contributed by atoms with E-state index in [0.717, 1.165) is 30.7 Å². The molecule has 3 nitrogen and oxygen atoms in total. The second kappa shape index (κ2) is 6.58. The summed E-state index contributed by atoms with van der Waals surface area (Å²) in [7, 11) is 2.22. The van der Waals surface area contributed by atoms with Gasteiger partial charge in [-0.3, -0.25) is 4.90 Å². The van der Waals surface area contributed by atoms with Gasteiger partial charge in [0.05, 0.1) is 6.54 Å². The van der Waals surface area contributed by atoms with Crippen LogP contribution in [0.4, 0.5) is 0 Å². The molecule has 0 unspecified atom stereocenters. The van der Waals surface area contributed by atoms with Crippen LogP contribution in [0, 0.1) is 6.92 Å². The van der Waals surface area contributed by atoms with E-state index in [-0.39, 0.29) is 0 Å². The average molecular weight is 264 g/mol. The fourth-order valence-corrected chi connectivity index (χ4v) is 2.88. The van der Waals surface area contributed by atoms with Crippen molar-refractivity contribution in [1.82, 2.24) is 10.2 Å². The van der Waals surface area contributed by atoms with Crippen molar-refractivity contribution < 1.29 is 4.42 Å². The van der Waals surface area contributed by atoms with Gasteiger partial charge < -0.3 is 9.73 Å². The van der Waals surface area contributed by atoms with E-state index in [0.29, 0.717) is 6.04 Å². The second-order valence-electron chi connectivity index (χ2n) is 6.18. The summed E-state index contributed by atoms with van der Waals surface area (Å²) in [5.74, 6) is 2.16. The predicted molar refractivity (Wildman–Crippen MR) is 79.1 cm³/mol. The molecule has 0 aromatic carbocycles. The summed E-state index contributed by atoms with van der Waals surface area (Å²) < 4.78 is 5.90. The molecular formula is C16H28N2O. The zero-order valence-electron chi connectivity index (χ0n) is 12.8. The van der Waals surface area contributed by atoms with Crippen LogP contribution in [-0.2, 0) is 13.1 Å². The highest BCUT2D eigenvalue weighted by molar-refractivity contribution is 5.20. The molecule has 1 saturated carbocycles. The predicted octanol–water partition coefficient (Wildman–Crippen LogP) is 3.46. The number of hydrogen-bond acceptors (Lipinski definition) is 3. The van der Waals surface area contributed by atoms with E-state index in [9.17, 15) is 0 Å². The maximum Gasteiger partial charge on any atom is 0.118 e. The van der Waals surface area contributed by atoms with Crippen molar-refractivity contribution >= 4 is 0 Å². The SMILES string of the molecule is Cc1oc(CN(C)C2CCCC2)cc1CNC(C)C. The standard InChI is InChI=1S/C16H28N2O/c1-12(2)17-10-14-9-16(19-13(14)3)11-18(4)15-7-5-6-8-15/h9,12,15,17H,5-8,10-11H2,1-4H3. The van der Waals surface area contributed by atoms with Gasteiger partial charge in [-0.25, -0.2) is 0 Å². The summed E-state index contributed by atoms with van der Waals surface area (Å²) in [4.78, 5) is 2.45. The number of hydrogen-bond donors (Lipinski definition) is 1. The minimum atomic E-state index is 0.513. The second-order valence-corrected chi connectivity index (χ2v) is 6.18. The first kappa shape index (κ1) is 14.6. The lowest BCUT2D eigenvalue weighted by molar-refractivity contribution is 0.218. The molecule has 0 saturated heterocycles. The highest BCUT2D eigenvalue weighted by atomic mass is 16.3. The Hall–Kier alpha value is -0.800. The third kappa shape index (κ3) is 4.08. The van der Waals surface area contributed by atoms with Crippen LogP contribution in [0.5, 0.6) is 0 Å². The molecule has 1 heterocycles. The van der Waals surface area contributed by atoms with Crippen LogP contribution in [0.1, 0.15) is 56.6 Å². The summed E-state index contributed by atoms with van der Waals surface area (Å²) in [5, 5.41) is 3.45. The van der Waals surface area contributed by atoms with Gasteiger partial charge >= 0.3 is 0 Å². The molecule has 3 heteroatoms. The molecule has 2 rings (SSSR count). The van der Waals surface area contributed by atoms with E-state index in [2.05, 4.69) is 44.1 Å². The minimum Gasteiger partial charge on any atom is -0.465 e. The van der Waals surface area contributed by atoms with Crippen molar-refractivity contribution in [1.29, 1.82) is 0 Å². The van der Waals surface area contributed by atoms with Crippen molar-refractivity contribution in [3.8, 4) is 0 Å². The first-order valence-corrected chi connectivity index (χ1v) is 7.58. The Bertz CT molecular complexity index is 391. The van der Waals surface area contributed by atoms with Gasteiger partial charge in [0.1, 0.15) is 11.5 Å². The molecule has 1 aliphatic carbocycles. The lowest BCUT2D eigenvalue weighted by Crippen LogP contribution is -2.28. The van der Waals surface area contributed by atoms with Gasteiger partial charge in [0.2, 0.25) is 0 Å². The summed E-state index contributed by atoms with van der Waals surface area (Å²) in [6.45, 7) is 8.25. The van der Waals surface area contributed by atoms with Crippen LogP contribution >= 0.6 is 0 Å². The van der Waals surface area contributed by atoms with Gasteiger partial charge in [0.15, 0.2) is 0 Å². The topological polar surface area (TPSA) is 28.4 Å². The van der Waals surface area contributed by atoms with Crippen LogP contribution in [0.25, 0.3) is 0 Å². The normalized spacial score (nSPS) is 16.9. The number of rotatable bonds is 6. The molecule has 0 radical (unpaired) electrons. The Balaban J connectivity index is 1.91. The van der Waals surface area contributed by atoms with Gasteiger partial charge in [-0.2, -0.15) is 0 Å². The molecule has 0 amide bonds. The number of aryl methyl sites for hydroxylation is 1. The zero-order valence-corrected chi connectivity index (χ0v) is 12.8. The average Bonchev–Trinajstić information content (AvgIpc) is 2.96. The fraction of sp³-hybridized carbons (Fsp3) is 0.750. The van der Waals surface area contributed by atoms with Crippen LogP contribution in [-0.4, -0.2) is 24.0 Å². The molecule has 1 N–H and O–H groups in total. The quantitative estimate of drug-likeness (QED) is 0.853. The van der Waals surface area contributed by atoms with E-state index >= 15 is 0 Å². The molecular weight excluding hydrogens is 236 g/mol. The van der Waals surface area contributed by atoms with Crippen molar-refractivity contribution in [3.63, 3.8) is 0 Å². The third-order valence-corrected chi connectivity index (χ3v) is 4.13. The van der Waals surface area contributed by atoms with Gasteiger partial charge in [0.25, 0.3) is 0 Å². The van der Waals surface area contributed by atoms with Gasteiger partial charge in [0, 0.05) is 24.2 Å². The maximum atomic E-state index is 5.90. The Morgan fingerprint density at radius 3 is 2.68 bits per heavy atom. The Kier molecular flexibility index (Phi) is 5.06. The number of nitrogens with zero attached hydrogens (tertiary/aromatic N) is 1. The lowest BCUT2D eigenvalue weighted by Gasteiger charge is -2.22. The Morgan fingerprint density at radius 2 is 2.05 bits per heavy atom. The van der Waals surface area contributed by atoms with Crippen molar-refractivity contribution in [2.24, 2.45) is 0 Å². The molecule has 0 bridgehead atoms. The van der Waals surface area contributed by atoms with Gasteiger partial charge in [-0.15, -0.1) is 0 Å².